The Bertz CT molecular complexity index is 432. The van der Waals surface area contributed by atoms with E-state index < -0.39 is 12.8 Å². The molecule has 0 saturated carbocycles. The number of nitrogens with zero attached hydrogens (tertiary/aromatic N) is 2. The maximum absolute atomic E-state index is 12.0. The first kappa shape index (κ1) is 13.1. The maximum Gasteiger partial charge on any atom is 0.422 e. The van der Waals surface area contributed by atoms with Crippen LogP contribution in [-0.4, -0.2) is 28.8 Å². The van der Waals surface area contributed by atoms with Crippen LogP contribution in [0.3, 0.4) is 0 Å². The van der Waals surface area contributed by atoms with Crippen LogP contribution in [0.25, 0.3) is 0 Å². The number of hydrogen-bond acceptors (Lipinski definition) is 4. The van der Waals surface area contributed by atoms with Crippen molar-refractivity contribution in [1.82, 2.24) is 4.98 Å². The lowest BCUT2D eigenvalue weighted by Crippen LogP contribution is -2.23. The van der Waals surface area contributed by atoms with Gasteiger partial charge in [0.1, 0.15) is 0 Å². The maximum atomic E-state index is 12.0. The molecule has 0 aliphatic carbocycles. The molecule has 5 nitrogen and oxygen atoms in total. The minimum atomic E-state index is -4.48. The molecule has 17 heavy (non-hydrogen) atoms. The van der Waals surface area contributed by atoms with Gasteiger partial charge in [0.15, 0.2) is 12.4 Å². The lowest BCUT2D eigenvalue weighted by atomic mass is 10.1. The molecular formula is C9H10F3N3O2. The molecule has 0 saturated heterocycles. The average molecular weight is 249 g/mol. The lowest BCUT2D eigenvalue weighted by molar-refractivity contribution is -0.154. The Morgan fingerprint density at radius 1 is 1.59 bits per heavy atom. The zero-order valence-corrected chi connectivity index (χ0v) is 8.82. The molecule has 0 atom stereocenters. The van der Waals surface area contributed by atoms with E-state index in [0.717, 1.165) is 0 Å². The van der Waals surface area contributed by atoms with E-state index in [1.54, 1.807) is 6.92 Å². The van der Waals surface area contributed by atoms with Crippen molar-refractivity contribution in [2.75, 3.05) is 6.61 Å². The summed E-state index contributed by atoms with van der Waals surface area (Å²) in [6, 6.07) is 1.51. The van der Waals surface area contributed by atoms with Crippen LogP contribution in [-0.2, 0) is 0 Å². The first-order valence-electron chi connectivity index (χ1n) is 4.48. The van der Waals surface area contributed by atoms with Crippen LogP contribution in [0.15, 0.2) is 17.4 Å². The second kappa shape index (κ2) is 4.89. The van der Waals surface area contributed by atoms with Crippen molar-refractivity contribution < 1.29 is 23.1 Å². The third-order valence-corrected chi connectivity index (χ3v) is 1.86. The van der Waals surface area contributed by atoms with Crippen LogP contribution in [0, 0.1) is 6.92 Å². The fourth-order valence-corrected chi connectivity index (χ4v) is 1.15. The summed E-state index contributed by atoms with van der Waals surface area (Å²) in [7, 11) is 0. The quantitative estimate of drug-likeness (QED) is 0.367. The van der Waals surface area contributed by atoms with Crippen molar-refractivity contribution >= 4 is 5.84 Å². The minimum absolute atomic E-state index is 0.0410. The van der Waals surface area contributed by atoms with Gasteiger partial charge in [-0.05, 0) is 18.6 Å². The van der Waals surface area contributed by atoms with Crippen LogP contribution in [0.5, 0.6) is 5.88 Å². The predicted molar refractivity (Wildman–Crippen MR) is 53.0 cm³/mol. The van der Waals surface area contributed by atoms with Crippen molar-refractivity contribution in [3.63, 3.8) is 0 Å². The zero-order chi connectivity index (χ0) is 13.1. The molecule has 0 aliphatic rings. The van der Waals surface area contributed by atoms with Gasteiger partial charge in [0.25, 0.3) is 0 Å². The predicted octanol–water partition coefficient (Wildman–Crippen LogP) is 1.43. The molecule has 0 fully saturated rings. The molecule has 0 aromatic carbocycles. The Kier molecular flexibility index (Phi) is 3.77. The highest BCUT2D eigenvalue weighted by molar-refractivity contribution is 6.00. The molecule has 0 spiro atoms. The highest BCUT2D eigenvalue weighted by Crippen LogP contribution is 2.22. The standard InChI is InChI=1S/C9H10F3N3O2/c1-5-2-3-14-8(6(5)7(13)15-16)17-4-9(10,11)12/h2-3,16H,4H2,1H3,(H2,13,15). The molecule has 0 amide bonds. The summed E-state index contributed by atoms with van der Waals surface area (Å²) in [6.07, 6.45) is -3.21. The summed E-state index contributed by atoms with van der Waals surface area (Å²) in [5.74, 6) is -0.676. The molecule has 0 bridgehead atoms. The smallest absolute Gasteiger partial charge is 0.422 e. The van der Waals surface area contributed by atoms with Gasteiger partial charge in [0.2, 0.25) is 5.88 Å². The van der Waals surface area contributed by atoms with E-state index in [2.05, 4.69) is 14.9 Å². The summed E-state index contributed by atoms with van der Waals surface area (Å²) >= 11 is 0. The fraction of sp³-hybridized carbons (Fsp3) is 0.333. The Balaban J connectivity index is 3.03. The number of nitrogens with two attached hydrogens (primary N) is 1. The van der Waals surface area contributed by atoms with Crippen LogP contribution >= 0.6 is 0 Å². The van der Waals surface area contributed by atoms with Crippen LogP contribution in [0.1, 0.15) is 11.1 Å². The van der Waals surface area contributed by atoms with Gasteiger partial charge >= 0.3 is 6.18 Å². The number of halogens is 3. The van der Waals surface area contributed by atoms with Gasteiger partial charge in [-0.25, -0.2) is 4.98 Å². The largest absolute Gasteiger partial charge is 0.467 e. The Morgan fingerprint density at radius 3 is 2.76 bits per heavy atom. The molecule has 1 rings (SSSR count). The summed E-state index contributed by atoms with van der Waals surface area (Å²) in [6.45, 7) is 0.0880. The van der Waals surface area contributed by atoms with E-state index in [4.69, 9.17) is 10.9 Å². The summed E-state index contributed by atoms with van der Waals surface area (Å²) in [5, 5.41) is 11.2. The number of hydrogen-bond donors (Lipinski definition) is 2. The van der Waals surface area contributed by atoms with Gasteiger partial charge in [-0.1, -0.05) is 5.16 Å². The van der Waals surface area contributed by atoms with Gasteiger partial charge in [-0.2, -0.15) is 13.2 Å². The monoisotopic (exact) mass is 249 g/mol. The molecule has 1 heterocycles. The first-order valence-corrected chi connectivity index (χ1v) is 4.48. The number of ether oxygens (including phenoxy) is 1. The zero-order valence-electron chi connectivity index (χ0n) is 8.82. The molecule has 8 heteroatoms. The third-order valence-electron chi connectivity index (χ3n) is 1.86. The van der Waals surface area contributed by atoms with Crippen molar-refractivity contribution in [3.8, 4) is 5.88 Å². The Hall–Kier alpha value is -1.99. The topological polar surface area (TPSA) is 80.7 Å². The highest BCUT2D eigenvalue weighted by atomic mass is 19.4. The molecule has 0 aliphatic heterocycles. The van der Waals surface area contributed by atoms with E-state index in [1.165, 1.54) is 12.3 Å². The number of rotatable bonds is 3. The van der Waals surface area contributed by atoms with Gasteiger partial charge < -0.3 is 15.7 Å². The second-order valence-electron chi connectivity index (χ2n) is 3.20. The summed E-state index contributed by atoms with van der Waals surface area (Å²) in [5.41, 5.74) is 5.87. The van der Waals surface area contributed by atoms with Gasteiger partial charge in [0, 0.05) is 6.20 Å². The SMILES string of the molecule is Cc1ccnc(OCC(F)(F)F)c1/C(N)=N/O. The number of pyridine rings is 1. The molecule has 3 N–H and O–H groups in total. The average Bonchev–Trinajstić information content (AvgIpc) is 2.24. The number of aromatic nitrogens is 1. The third kappa shape index (κ3) is 3.51. The highest BCUT2D eigenvalue weighted by Gasteiger charge is 2.29. The van der Waals surface area contributed by atoms with Gasteiger partial charge in [-0.3, -0.25) is 0 Å². The van der Waals surface area contributed by atoms with E-state index in [9.17, 15) is 13.2 Å². The van der Waals surface area contributed by atoms with E-state index in [1.807, 2.05) is 0 Å². The fourth-order valence-electron chi connectivity index (χ4n) is 1.15. The Labute approximate surface area is 94.7 Å². The van der Waals surface area contributed by atoms with Crippen molar-refractivity contribution in [2.24, 2.45) is 10.9 Å². The lowest BCUT2D eigenvalue weighted by Gasteiger charge is -2.12. The van der Waals surface area contributed by atoms with Crippen LogP contribution < -0.4 is 10.5 Å². The number of amidine groups is 1. The van der Waals surface area contributed by atoms with E-state index in [0.29, 0.717) is 5.56 Å². The first-order chi connectivity index (χ1) is 7.85. The van der Waals surface area contributed by atoms with Crippen molar-refractivity contribution in [3.05, 3.63) is 23.4 Å². The summed E-state index contributed by atoms with van der Waals surface area (Å²) in [4.78, 5) is 3.62. The molecule has 94 valence electrons. The molecular weight excluding hydrogens is 239 g/mol. The molecule has 1 aromatic rings. The van der Waals surface area contributed by atoms with Crippen molar-refractivity contribution in [1.29, 1.82) is 0 Å². The second-order valence-corrected chi connectivity index (χ2v) is 3.20. The molecule has 1 aromatic heterocycles. The minimum Gasteiger partial charge on any atom is -0.467 e. The number of alkyl halides is 3. The van der Waals surface area contributed by atoms with Gasteiger partial charge in [-0.15, -0.1) is 0 Å². The van der Waals surface area contributed by atoms with E-state index in [-0.39, 0.29) is 17.3 Å². The van der Waals surface area contributed by atoms with Crippen LogP contribution in [0.2, 0.25) is 0 Å². The summed E-state index contributed by atoms with van der Waals surface area (Å²) < 4.78 is 40.5. The molecule has 0 radical (unpaired) electrons. The normalized spacial score (nSPS) is 12.6. The molecule has 0 unspecified atom stereocenters. The van der Waals surface area contributed by atoms with Crippen molar-refractivity contribution in [2.45, 2.75) is 13.1 Å². The number of aryl methyl sites for hydroxylation is 1. The Morgan fingerprint density at radius 2 is 2.24 bits per heavy atom. The number of oxime groups is 1. The van der Waals surface area contributed by atoms with Gasteiger partial charge in [0.05, 0.1) is 5.56 Å². The van der Waals surface area contributed by atoms with E-state index >= 15 is 0 Å². The van der Waals surface area contributed by atoms with Crippen LogP contribution in [0.4, 0.5) is 13.2 Å².